The number of nitrogens with zero attached hydrogens (tertiary/aromatic N) is 1. The molecule has 0 radical (unpaired) electrons. The quantitative estimate of drug-likeness (QED) is 0.823. The molecule has 0 aliphatic carbocycles. The molecule has 3 N–H and O–H groups in total. The fourth-order valence-corrected chi connectivity index (χ4v) is 1.56. The summed E-state index contributed by atoms with van der Waals surface area (Å²) in [5.41, 5.74) is 6.39. The number of hydrogen-bond acceptors (Lipinski definition) is 3. The third-order valence-electron chi connectivity index (χ3n) is 2.90. The average Bonchev–Trinajstić information content (AvgIpc) is 2.31. The van der Waals surface area contributed by atoms with Crippen molar-refractivity contribution in [2.45, 2.75) is 13.8 Å². The molecule has 3 nitrogen and oxygen atoms in total. The highest BCUT2D eigenvalue weighted by Gasteiger charge is 2.12. The van der Waals surface area contributed by atoms with Gasteiger partial charge in [-0.2, -0.15) is 5.26 Å². The van der Waals surface area contributed by atoms with Gasteiger partial charge in [0.25, 0.3) is 0 Å². The fraction of sp³-hybridized carbons (Fsp3) is 0.462. The van der Waals surface area contributed by atoms with Crippen molar-refractivity contribution in [3.63, 3.8) is 0 Å². The number of anilines is 1. The second-order valence-electron chi connectivity index (χ2n) is 4.43. The molecule has 1 aromatic carbocycles. The second kappa shape index (κ2) is 6.21. The highest BCUT2D eigenvalue weighted by atomic mass is 19.1. The van der Waals surface area contributed by atoms with Gasteiger partial charge in [-0.3, -0.25) is 0 Å². The molecule has 1 atom stereocenters. The van der Waals surface area contributed by atoms with Gasteiger partial charge in [0.05, 0.1) is 17.3 Å². The van der Waals surface area contributed by atoms with Gasteiger partial charge in [0.15, 0.2) is 0 Å². The van der Waals surface area contributed by atoms with E-state index in [9.17, 15) is 4.39 Å². The third-order valence-corrected chi connectivity index (χ3v) is 2.90. The van der Waals surface area contributed by atoms with E-state index in [4.69, 9.17) is 11.0 Å². The summed E-state index contributed by atoms with van der Waals surface area (Å²) in [7, 11) is 0. The molecule has 0 heterocycles. The van der Waals surface area contributed by atoms with E-state index >= 15 is 0 Å². The van der Waals surface area contributed by atoms with Crippen LogP contribution in [0.4, 0.5) is 10.1 Å². The van der Waals surface area contributed by atoms with Crippen molar-refractivity contribution in [2.24, 2.45) is 17.6 Å². The van der Waals surface area contributed by atoms with E-state index < -0.39 is 5.82 Å². The lowest BCUT2D eigenvalue weighted by Crippen LogP contribution is -2.27. The smallest absolute Gasteiger partial charge is 0.147 e. The van der Waals surface area contributed by atoms with Crippen LogP contribution in [0.3, 0.4) is 0 Å². The Morgan fingerprint density at radius 3 is 2.65 bits per heavy atom. The largest absolute Gasteiger partial charge is 0.382 e. The van der Waals surface area contributed by atoms with Crippen LogP contribution in [0.25, 0.3) is 0 Å². The zero-order valence-electron chi connectivity index (χ0n) is 10.2. The van der Waals surface area contributed by atoms with E-state index in [0.29, 0.717) is 36.2 Å². The molecule has 0 amide bonds. The van der Waals surface area contributed by atoms with Crippen molar-refractivity contribution in [1.29, 1.82) is 5.26 Å². The van der Waals surface area contributed by atoms with Gasteiger partial charge in [-0.1, -0.05) is 13.8 Å². The maximum Gasteiger partial charge on any atom is 0.147 e. The van der Waals surface area contributed by atoms with Crippen LogP contribution in [-0.2, 0) is 0 Å². The van der Waals surface area contributed by atoms with Gasteiger partial charge in [-0.05, 0) is 36.6 Å². The first kappa shape index (κ1) is 13.5. The molecule has 0 aromatic heterocycles. The Morgan fingerprint density at radius 2 is 2.18 bits per heavy atom. The molecule has 1 unspecified atom stereocenters. The van der Waals surface area contributed by atoms with Crippen LogP contribution < -0.4 is 11.1 Å². The van der Waals surface area contributed by atoms with Gasteiger partial charge in [0.2, 0.25) is 0 Å². The summed E-state index contributed by atoms with van der Waals surface area (Å²) in [6.07, 6.45) is 0. The third kappa shape index (κ3) is 3.72. The van der Waals surface area contributed by atoms with Crippen LogP contribution >= 0.6 is 0 Å². The maximum absolute atomic E-state index is 13.5. The van der Waals surface area contributed by atoms with Crippen LogP contribution in [-0.4, -0.2) is 13.1 Å². The molecule has 0 spiro atoms. The lowest BCUT2D eigenvalue weighted by Gasteiger charge is -2.20. The minimum atomic E-state index is -0.399. The Bertz CT molecular complexity index is 410. The summed E-state index contributed by atoms with van der Waals surface area (Å²) in [5.74, 6) is 0.363. The summed E-state index contributed by atoms with van der Waals surface area (Å²) in [5, 5.41) is 11.7. The van der Waals surface area contributed by atoms with Crippen LogP contribution in [0.5, 0.6) is 0 Å². The predicted molar refractivity (Wildman–Crippen MR) is 67.0 cm³/mol. The first-order valence-electron chi connectivity index (χ1n) is 5.72. The Labute approximate surface area is 101 Å². The van der Waals surface area contributed by atoms with Crippen molar-refractivity contribution in [3.8, 4) is 6.07 Å². The van der Waals surface area contributed by atoms with Gasteiger partial charge in [0.1, 0.15) is 5.82 Å². The molecule has 1 aromatic rings. The highest BCUT2D eigenvalue weighted by Crippen LogP contribution is 2.17. The van der Waals surface area contributed by atoms with Gasteiger partial charge in [-0.15, -0.1) is 0 Å². The number of hydrogen-bond donors (Lipinski definition) is 2. The maximum atomic E-state index is 13.5. The van der Waals surface area contributed by atoms with Crippen molar-refractivity contribution in [1.82, 2.24) is 0 Å². The van der Waals surface area contributed by atoms with Crippen molar-refractivity contribution >= 4 is 5.69 Å². The summed E-state index contributed by atoms with van der Waals surface area (Å²) >= 11 is 0. The number of nitriles is 1. The van der Waals surface area contributed by atoms with Crippen molar-refractivity contribution < 1.29 is 4.39 Å². The molecule has 4 heteroatoms. The monoisotopic (exact) mass is 235 g/mol. The molecule has 0 aliphatic rings. The normalized spacial score (nSPS) is 12.2. The van der Waals surface area contributed by atoms with Crippen molar-refractivity contribution in [2.75, 3.05) is 18.4 Å². The predicted octanol–water partition coefficient (Wildman–Crippen LogP) is 2.34. The van der Waals surface area contributed by atoms with Gasteiger partial charge in [-0.25, -0.2) is 4.39 Å². The molecule has 17 heavy (non-hydrogen) atoms. The fourth-order valence-electron chi connectivity index (χ4n) is 1.56. The van der Waals surface area contributed by atoms with E-state index in [1.54, 1.807) is 12.1 Å². The molecular formula is C13H18FN3. The summed E-state index contributed by atoms with van der Waals surface area (Å²) in [6.45, 7) is 5.39. The molecule has 0 aliphatic heterocycles. The first-order chi connectivity index (χ1) is 8.08. The van der Waals surface area contributed by atoms with Crippen molar-refractivity contribution in [3.05, 3.63) is 29.6 Å². The lowest BCUT2D eigenvalue weighted by molar-refractivity contribution is 0.412. The molecule has 0 saturated heterocycles. The molecule has 0 saturated carbocycles. The van der Waals surface area contributed by atoms with E-state index in [2.05, 4.69) is 19.2 Å². The summed E-state index contributed by atoms with van der Waals surface area (Å²) in [4.78, 5) is 0. The Morgan fingerprint density at radius 1 is 1.47 bits per heavy atom. The standard InChI is InChI=1S/C13H18FN3/c1-9(2)11(7-16)8-17-13-4-3-10(6-15)5-12(13)14/h3-5,9,11,17H,7-8,16H2,1-2H3. The van der Waals surface area contributed by atoms with Crippen LogP contribution in [0.1, 0.15) is 19.4 Å². The van der Waals surface area contributed by atoms with E-state index in [1.807, 2.05) is 6.07 Å². The van der Waals surface area contributed by atoms with Gasteiger partial charge in [0, 0.05) is 6.54 Å². The Kier molecular flexibility index (Phi) is 4.92. The number of nitrogens with two attached hydrogens (primary N) is 1. The number of rotatable bonds is 5. The molecular weight excluding hydrogens is 217 g/mol. The minimum Gasteiger partial charge on any atom is -0.382 e. The first-order valence-corrected chi connectivity index (χ1v) is 5.72. The highest BCUT2D eigenvalue weighted by molar-refractivity contribution is 5.48. The van der Waals surface area contributed by atoms with Gasteiger partial charge < -0.3 is 11.1 Å². The SMILES string of the molecule is CC(C)C(CN)CNc1ccc(C#N)cc1F. The Balaban J connectivity index is 2.67. The molecule has 0 bridgehead atoms. The number of nitrogens with one attached hydrogen (secondary N) is 1. The average molecular weight is 235 g/mol. The Hall–Kier alpha value is -1.60. The van der Waals surface area contributed by atoms with E-state index in [0.717, 1.165) is 0 Å². The molecule has 92 valence electrons. The van der Waals surface area contributed by atoms with E-state index in [1.165, 1.54) is 6.07 Å². The van der Waals surface area contributed by atoms with Crippen LogP contribution in [0.2, 0.25) is 0 Å². The zero-order valence-corrected chi connectivity index (χ0v) is 10.2. The summed E-state index contributed by atoms with van der Waals surface area (Å²) < 4.78 is 13.5. The summed E-state index contributed by atoms with van der Waals surface area (Å²) in [6, 6.07) is 6.31. The second-order valence-corrected chi connectivity index (χ2v) is 4.43. The molecule has 1 rings (SSSR count). The van der Waals surface area contributed by atoms with Crippen LogP contribution in [0, 0.1) is 29.0 Å². The lowest BCUT2D eigenvalue weighted by atomic mass is 9.96. The number of benzene rings is 1. The zero-order chi connectivity index (χ0) is 12.8. The van der Waals surface area contributed by atoms with Crippen LogP contribution in [0.15, 0.2) is 18.2 Å². The van der Waals surface area contributed by atoms with E-state index in [-0.39, 0.29) is 0 Å². The topological polar surface area (TPSA) is 61.8 Å². The molecule has 0 fully saturated rings. The minimum absolute atomic E-state index is 0.310. The number of halogens is 1. The van der Waals surface area contributed by atoms with Gasteiger partial charge >= 0.3 is 0 Å².